The smallest absolute Gasteiger partial charge is 0.141 e. The van der Waals surface area contributed by atoms with Gasteiger partial charge in [-0.3, -0.25) is 0 Å². The molecule has 0 atom stereocenters. The molecule has 0 radical (unpaired) electrons. The monoisotopic (exact) mass is 228 g/mol. The predicted octanol–water partition coefficient (Wildman–Crippen LogP) is 2.89. The Morgan fingerprint density at radius 2 is 1.88 bits per heavy atom. The molecule has 2 rings (SSSR count). The van der Waals surface area contributed by atoms with Crippen LogP contribution in [0.15, 0.2) is 48.5 Å². The van der Waals surface area contributed by atoms with Crippen LogP contribution in [-0.2, 0) is 6.54 Å². The van der Waals surface area contributed by atoms with Crippen LogP contribution in [0.2, 0.25) is 0 Å². The summed E-state index contributed by atoms with van der Waals surface area (Å²) in [5.41, 5.74) is 8.75. The van der Waals surface area contributed by atoms with Crippen LogP contribution in [0.4, 0.5) is 11.4 Å². The largest absolute Gasteiger partial charge is 0.495 e. The first-order valence-electron chi connectivity index (χ1n) is 5.51. The van der Waals surface area contributed by atoms with Crippen molar-refractivity contribution in [2.45, 2.75) is 6.54 Å². The van der Waals surface area contributed by atoms with Gasteiger partial charge in [-0.25, -0.2) is 0 Å². The number of hydrogen-bond donors (Lipinski definition) is 2. The van der Waals surface area contributed by atoms with Crippen molar-refractivity contribution in [2.75, 3.05) is 18.2 Å². The van der Waals surface area contributed by atoms with Gasteiger partial charge in [0.25, 0.3) is 0 Å². The minimum Gasteiger partial charge on any atom is -0.495 e. The molecule has 2 aromatic carbocycles. The average Bonchev–Trinajstić information content (AvgIpc) is 2.38. The zero-order chi connectivity index (χ0) is 12.1. The Morgan fingerprint density at radius 3 is 2.53 bits per heavy atom. The summed E-state index contributed by atoms with van der Waals surface area (Å²) in [7, 11) is 1.62. The highest BCUT2D eigenvalue weighted by molar-refractivity contribution is 5.55. The van der Waals surface area contributed by atoms with E-state index in [2.05, 4.69) is 5.32 Å². The third-order valence-electron chi connectivity index (χ3n) is 2.56. The van der Waals surface area contributed by atoms with E-state index in [9.17, 15) is 0 Å². The van der Waals surface area contributed by atoms with Crippen molar-refractivity contribution < 1.29 is 4.74 Å². The topological polar surface area (TPSA) is 47.3 Å². The Morgan fingerprint density at radius 1 is 1.12 bits per heavy atom. The van der Waals surface area contributed by atoms with Crippen molar-refractivity contribution in [3.63, 3.8) is 0 Å². The number of nitrogens with two attached hydrogens (primary N) is 1. The van der Waals surface area contributed by atoms with E-state index in [1.807, 2.05) is 48.5 Å². The fraction of sp³-hybridized carbons (Fsp3) is 0.143. The molecule has 3 N–H and O–H groups in total. The van der Waals surface area contributed by atoms with Gasteiger partial charge in [0.2, 0.25) is 0 Å². The van der Waals surface area contributed by atoms with Gasteiger partial charge in [0, 0.05) is 12.2 Å². The molecule has 0 bridgehead atoms. The van der Waals surface area contributed by atoms with Gasteiger partial charge in [-0.2, -0.15) is 0 Å². The van der Waals surface area contributed by atoms with Crippen molar-refractivity contribution >= 4 is 11.4 Å². The lowest BCUT2D eigenvalue weighted by Crippen LogP contribution is -2.00. The molecule has 3 heteroatoms. The maximum atomic E-state index is 5.85. The first-order valence-corrected chi connectivity index (χ1v) is 5.51. The SMILES string of the molecule is COc1ccc(CNc2ccccc2)cc1N. The average molecular weight is 228 g/mol. The van der Waals surface area contributed by atoms with Crippen LogP contribution in [0.5, 0.6) is 5.75 Å². The number of nitrogens with one attached hydrogen (secondary N) is 1. The van der Waals surface area contributed by atoms with Crippen LogP contribution in [0.3, 0.4) is 0 Å². The van der Waals surface area contributed by atoms with E-state index >= 15 is 0 Å². The number of hydrogen-bond acceptors (Lipinski definition) is 3. The van der Waals surface area contributed by atoms with Crippen LogP contribution in [0.25, 0.3) is 0 Å². The normalized spacial score (nSPS) is 9.94. The predicted molar refractivity (Wildman–Crippen MR) is 71.2 cm³/mol. The van der Waals surface area contributed by atoms with E-state index < -0.39 is 0 Å². The Labute approximate surface area is 101 Å². The molecule has 3 nitrogen and oxygen atoms in total. The first kappa shape index (κ1) is 11.3. The highest BCUT2D eigenvalue weighted by atomic mass is 16.5. The molecule has 17 heavy (non-hydrogen) atoms. The van der Waals surface area contributed by atoms with Crippen molar-refractivity contribution in [3.05, 3.63) is 54.1 Å². The first-order chi connectivity index (χ1) is 8.29. The van der Waals surface area contributed by atoms with Crippen LogP contribution < -0.4 is 15.8 Å². The summed E-state index contributed by atoms with van der Waals surface area (Å²) in [4.78, 5) is 0. The van der Waals surface area contributed by atoms with Crippen LogP contribution >= 0.6 is 0 Å². The zero-order valence-electron chi connectivity index (χ0n) is 9.81. The van der Waals surface area contributed by atoms with Gasteiger partial charge in [0.15, 0.2) is 0 Å². The number of ether oxygens (including phenoxy) is 1. The Bertz CT molecular complexity index is 483. The van der Waals surface area contributed by atoms with Gasteiger partial charge in [0.1, 0.15) is 5.75 Å². The van der Waals surface area contributed by atoms with Gasteiger partial charge in [-0.15, -0.1) is 0 Å². The Balaban J connectivity index is 2.02. The van der Waals surface area contributed by atoms with Crippen LogP contribution in [0.1, 0.15) is 5.56 Å². The quantitative estimate of drug-likeness (QED) is 0.791. The molecular weight excluding hydrogens is 212 g/mol. The highest BCUT2D eigenvalue weighted by Gasteiger charge is 2.00. The fourth-order valence-corrected chi connectivity index (χ4v) is 1.65. The summed E-state index contributed by atoms with van der Waals surface area (Å²) in [5, 5.41) is 3.33. The summed E-state index contributed by atoms with van der Waals surface area (Å²) >= 11 is 0. The third kappa shape index (κ3) is 2.91. The van der Waals surface area contributed by atoms with E-state index in [4.69, 9.17) is 10.5 Å². The minimum absolute atomic E-state index is 0.667. The lowest BCUT2D eigenvalue weighted by atomic mass is 10.2. The highest BCUT2D eigenvalue weighted by Crippen LogP contribution is 2.22. The van der Waals surface area contributed by atoms with Crippen molar-refractivity contribution in [2.24, 2.45) is 0 Å². The molecule has 0 fully saturated rings. The fourth-order valence-electron chi connectivity index (χ4n) is 1.65. The molecule has 0 aliphatic rings. The molecule has 0 saturated carbocycles. The molecule has 0 saturated heterocycles. The van der Waals surface area contributed by atoms with E-state index in [0.29, 0.717) is 11.4 Å². The molecule has 0 spiro atoms. The summed E-state index contributed by atoms with van der Waals surface area (Å²) < 4.78 is 5.12. The second-order valence-electron chi connectivity index (χ2n) is 3.80. The maximum absolute atomic E-state index is 5.85. The molecule has 0 aliphatic heterocycles. The zero-order valence-corrected chi connectivity index (χ0v) is 9.81. The summed E-state index contributed by atoms with van der Waals surface area (Å²) in [5.74, 6) is 0.716. The van der Waals surface area contributed by atoms with E-state index in [-0.39, 0.29) is 0 Å². The third-order valence-corrected chi connectivity index (χ3v) is 2.56. The van der Waals surface area contributed by atoms with E-state index in [0.717, 1.165) is 17.8 Å². The number of rotatable bonds is 4. The number of benzene rings is 2. The van der Waals surface area contributed by atoms with Gasteiger partial charge < -0.3 is 15.8 Å². The van der Waals surface area contributed by atoms with Crippen molar-refractivity contribution in [1.29, 1.82) is 0 Å². The Hall–Kier alpha value is -2.16. The molecule has 88 valence electrons. The van der Waals surface area contributed by atoms with Gasteiger partial charge in [0.05, 0.1) is 12.8 Å². The summed E-state index contributed by atoms with van der Waals surface area (Å²) in [6.07, 6.45) is 0. The molecule has 0 amide bonds. The molecule has 2 aromatic rings. The van der Waals surface area contributed by atoms with E-state index in [1.54, 1.807) is 7.11 Å². The number of anilines is 2. The molecule has 0 aromatic heterocycles. The minimum atomic E-state index is 0.667. The van der Waals surface area contributed by atoms with E-state index in [1.165, 1.54) is 0 Å². The second-order valence-corrected chi connectivity index (χ2v) is 3.80. The molecular formula is C14H16N2O. The molecule has 0 heterocycles. The summed E-state index contributed by atoms with van der Waals surface area (Å²) in [6, 6.07) is 15.9. The standard InChI is InChI=1S/C14H16N2O/c1-17-14-8-7-11(9-13(14)15)10-16-12-5-3-2-4-6-12/h2-9,16H,10,15H2,1H3. The number of para-hydroxylation sites is 1. The van der Waals surface area contributed by atoms with Crippen LogP contribution in [-0.4, -0.2) is 7.11 Å². The summed E-state index contributed by atoms with van der Waals surface area (Å²) in [6.45, 7) is 0.748. The van der Waals surface area contributed by atoms with Gasteiger partial charge >= 0.3 is 0 Å². The van der Waals surface area contributed by atoms with Crippen LogP contribution in [0, 0.1) is 0 Å². The number of methoxy groups -OCH3 is 1. The van der Waals surface area contributed by atoms with Gasteiger partial charge in [-0.05, 0) is 29.8 Å². The molecule has 0 unspecified atom stereocenters. The number of nitrogen functional groups attached to an aromatic ring is 1. The van der Waals surface area contributed by atoms with Crippen molar-refractivity contribution in [3.8, 4) is 5.75 Å². The molecule has 0 aliphatic carbocycles. The Kier molecular flexibility index (Phi) is 3.50. The maximum Gasteiger partial charge on any atom is 0.141 e. The van der Waals surface area contributed by atoms with Crippen molar-refractivity contribution in [1.82, 2.24) is 0 Å². The lowest BCUT2D eigenvalue weighted by Gasteiger charge is -2.09. The van der Waals surface area contributed by atoms with Gasteiger partial charge in [-0.1, -0.05) is 24.3 Å². The lowest BCUT2D eigenvalue weighted by molar-refractivity contribution is 0.417. The second kappa shape index (κ2) is 5.25.